The Bertz CT molecular complexity index is 1140. The molecule has 0 heterocycles. The molecule has 204 valence electrons. The van der Waals surface area contributed by atoms with Crippen LogP contribution in [0.5, 0.6) is 0 Å². The van der Waals surface area contributed by atoms with Gasteiger partial charge in [0.15, 0.2) is 0 Å². The lowest BCUT2D eigenvalue weighted by Gasteiger charge is -2.14. The van der Waals surface area contributed by atoms with Crippen molar-refractivity contribution in [2.24, 2.45) is 0 Å². The largest absolute Gasteiger partial charge is 0.296 e. The summed E-state index contributed by atoms with van der Waals surface area (Å²) in [5.74, 6) is 0. The third-order valence-electron chi connectivity index (χ3n) is 6.85. The van der Waals surface area contributed by atoms with Crippen molar-refractivity contribution < 1.29 is 25.9 Å². The molecule has 0 fully saturated rings. The van der Waals surface area contributed by atoms with Gasteiger partial charge < -0.3 is 0 Å². The molecule has 0 amide bonds. The minimum absolute atomic E-state index is 0.0725. The van der Waals surface area contributed by atoms with Crippen LogP contribution in [0.1, 0.15) is 115 Å². The van der Waals surface area contributed by atoms with Gasteiger partial charge in [-0.15, -0.1) is 0 Å². The monoisotopic (exact) mass is 540 g/mol. The van der Waals surface area contributed by atoms with Gasteiger partial charge in [0.2, 0.25) is 0 Å². The van der Waals surface area contributed by atoms with Crippen LogP contribution in [0.3, 0.4) is 0 Å². The third-order valence-corrected chi connectivity index (χ3v) is 8.90. The van der Waals surface area contributed by atoms with E-state index < -0.39 is 30.0 Å². The Kier molecular flexibility index (Phi) is 13.4. The van der Waals surface area contributed by atoms with Crippen molar-refractivity contribution in [1.82, 2.24) is 0 Å². The van der Waals surface area contributed by atoms with Crippen LogP contribution >= 0.6 is 0 Å². The van der Waals surface area contributed by atoms with Gasteiger partial charge >= 0.3 is 0 Å². The Balaban J connectivity index is 1.75. The normalized spacial score (nSPS) is 12.4. The molecule has 0 aromatic heterocycles. The Morgan fingerprint density at radius 1 is 0.583 bits per heavy atom. The molecule has 2 aromatic rings. The molecule has 36 heavy (non-hydrogen) atoms. The van der Waals surface area contributed by atoms with Gasteiger partial charge in [0.1, 0.15) is 9.79 Å². The second-order valence-electron chi connectivity index (χ2n) is 9.92. The van der Waals surface area contributed by atoms with E-state index in [9.17, 15) is 25.9 Å². The molecule has 0 bridgehead atoms. The number of fused-ring (bicyclic) bond motifs is 1. The van der Waals surface area contributed by atoms with Crippen molar-refractivity contribution in [2.45, 2.75) is 126 Å². The van der Waals surface area contributed by atoms with Gasteiger partial charge in [-0.2, -0.15) is 16.8 Å². The zero-order valence-electron chi connectivity index (χ0n) is 21.8. The summed E-state index contributed by atoms with van der Waals surface area (Å²) >= 11 is 0. The molecular formula is C28H44O6S2. The van der Waals surface area contributed by atoms with Crippen LogP contribution in [-0.4, -0.2) is 25.9 Å². The van der Waals surface area contributed by atoms with Crippen molar-refractivity contribution in [3.05, 3.63) is 35.9 Å². The fourth-order valence-corrected chi connectivity index (χ4v) is 7.24. The number of hydrogen-bond acceptors (Lipinski definition) is 4. The highest BCUT2D eigenvalue weighted by molar-refractivity contribution is 7.89. The first-order valence-electron chi connectivity index (χ1n) is 13.7. The van der Waals surface area contributed by atoms with E-state index in [1.165, 1.54) is 83.1 Å². The maximum absolute atomic E-state index is 12.1. The van der Waals surface area contributed by atoms with Crippen LogP contribution in [0.2, 0.25) is 0 Å². The lowest BCUT2D eigenvalue weighted by Crippen LogP contribution is -2.12. The summed E-state index contributed by atoms with van der Waals surface area (Å²) in [4.78, 5) is -1.45. The lowest BCUT2D eigenvalue weighted by molar-refractivity contribution is 0.466. The van der Waals surface area contributed by atoms with E-state index in [0.717, 1.165) is 19.3 Å². The van der Waals surface area contributed by atoms with Crippen LogP contribution in [0.15, 0.2) is 40.1 Å². The molecule has 0 saturated carbocycles. The zero-order valence-corrected chi connectivity index (χ0v) is 23.4. The maximum Gasteiger partial charge on any atom is 0.296 e. The maximum atomic E-state index is 12.1. The van der Waals surface area contributed by atoms with Gasteiger partial charge in [0, 0.05) is 5.39 Å². The fraction of sp³-hybridized carbons (Fsp3) is 0.643. The van der Waals surface area contributed by atoms with Gasteiger partial charge in [-0.1, -0.05) is 128 Å². The van der Waals surface area contributed by atoms with Crippen molar-refractivity contribution >= 4 is 31.0 Å². The first-order valence-corrected chi connectivity index (χ1v) is 16.5. The van der Waals surface area contributed by atoms with Gasteiger partial charge in [-0.05, 0) is 29.9 Å². The molecule has 2 N–H and O–H groups in total. The van der Waals surface area contributed by atoms with Crippen molar-refractivity contribution in [3.8, 4) is 0 Å². The minimum atomic E-state index is -4.87. The molecule has 6 nitrogen and oxygen atoms in total. The van der Waals surface area contributed by atoms with Gasteiger partial charge in [-0.3, -0.25) is 9.11 Å². The molecule has 8 heteroatoms. The summed E-state index contributed by atoms with van der Waals surface area (Å²) in [5, 5.41) is 0.576. The average Bonchev–Trinajstić information content (AvgIpc) is 2.81. The van der Waals surface area contributed by atoms with Crippen LogP contribution < -0.4 is 0 Å². The lowest BCUT2D eigenvalue weighted by atomic mass is 10.0. The first kappa shape index (κ1) is 30.7. The first-order chi connectivity index (χ1) is 17.2. The summed E-state index contributed by atoms with van der Waals surface area (Å²) < 4.78 is 67.9. The summed E-state index contributed by atoms with van der Waals surface area (Å²) in [7, 11) is -9.72. The average molecular weight is 541 g/mol. The highest BCUT2D eigenvalue weighted by Crippen LogP contribution is 2.34. The van der Waals surface area contributed by atoms with Crippen LogP contribution in [0.25, 0.3) is 10.8 Å². The second kappa shape index (κ2) is 15.7. The summed E-state index contributed by atoms with van der Waals surface area (Å²) in [6.07, 6.45) is 19.9. The Labute approximate surface area is 218 Å². The number of rotatable bonds is 19. The Hall–Kier alpha value is -1.48. The number of benzene rings is 2. The number of unbranched alkanes of at least 4 members (excludes halogenated alkanes) is 15. The van der Waals surface area contributed by atoms with E-state index in [-0.39, 0.29) is 10.9 Å². The summed E-state index contributed by atoms with van der Waals surface area (Å²) in [6, 6.07) is 7.94. The van der Waals surface area contributed by atoms with Crippen LogP contribution in [0.4, 0.5) is 0 Å². The predicted octanol–water partition coefficient (Wildman–Crippen LogP) is 8.14. The second-order valence-corrected chi connectivity index (χ2v) is 12.6. The molecule has 2 rings (SSSR count). The van der Waals surface area contributed by atoms with Crippen molar-refractivity contribution in [1.29, 1.82) is 0 Å². The van der Waals surface area contributed by atoms with Crippen LogP contribution in [-0.2, 0) is 26.7 Å². The highest BCUT2D eigenvalue weighted by atomic mass is 32.2. The highest BCUT2D eigenvalue weighted by Gasteiger charge is 2.29. The van der Waals surface area contributed by atoms with Gasteiger partial charge in [-0.25, -0.2) is 0 Å². The smallest absolute Gasteiger partial charge is 0.282 e. The topological polar surface area (TPSA) is 109 Å². The van der Waals surface area contributed by atoms with Crippen molar-refractivity contribution in [2.75, 3.05) is 0 Å². The van der Waals surface area contributed by atoms with E-state index in [1.807, 2.05) is 0 Å². The van der Waals surface area contributed by atoms with Crippen molar-refractivity contribution in [3.63, 3.8) is 0 Å². The molecular weight excluding hydrogens is 496 g/mol. The predicted molar refractivity (Wildman–Crippen MR) is 147 cm³/mol. The minimum Gasteiger partial charge on any atom is -0.282 e. The Morgan fingerprint density at radius 3 is 1.44 bits per heavy atom. The van der Waals surface area contributed by atoms with E-state index >= 15 is 0 Å². The SMILES string of the molecule is CCCCCCCCCCCCCCCCCCc1cc2ccccc2c(S(=O)(=O)O)c1S(=O)(=O)O. The number of aryl methyl sites for hydroxylation is 1. The summed E-state index contributed by atoms with van der Waals surface area (Å²) in [5.41, 5.74) is 0.217. The van der Waals surface area contributed by atoms with E-state index in [2.05, 4.69) is 6.92 Å². The van der Waals surface area contributed by atoms with Gasteiger partial charge in [0.05, 0.1) is 0 Å². The van der Waals surface area contributed by atoms with Crippen LogP contribution in [0, 0.1) is 0 Å². The van der Waals surface area contributed by atoms with E-state index in [4.69, 9.17) is 0 Å². The molecule has 0 aliphatic rings. The van der Waals surface area contributed by atoms with Gasteiger partial charge in [0.25, 0.3) is 20.2 Å². The zero-order chi connectivity index (χ0) is 26.4. The molecule has 0 radical (unpaired) electrons. The molecule has 2 aromatic carbocycles. The third kappa shape index (κ3) is 10.5. The molecule has 0 aliphatic heterocycles. The molecule has 0 aliphatic carbocycles. The Morgan fingerprint density at radius 2 is 1.00 bits per heavy atom. The molecule has 0 unspecified atom stereocenters. The van der Waals surface area contributed by atoms with E-state index in [0.29, 0.717) is 18.2 Å². The number of hydrogen-bond donors (Lipinski definition) is 2. The molecule has 0 saturated heterocycles. The van der Waals surface area contributed by atoms with E-state index in [1.54, 1.807) is 24.3 Å². The fourth-order valence-electron chi connectivity index (χ4n) is 4.94. The quantitative estimate of drug-likeness (QED) is 0.137. The standard InChI is InChI=1S/C28H44O6S2/c1-2-3-4-5-6-7-8-9-10-11-12-13-14-15-16-17-21-25-23-24-20-18-19-22-26(24)28(36(32,33)34)27(25)35(29,30)31/h18-20,22-23H,2-17,21H2,1H3,(H,29,30,31)(H,32,33,34). The molecule has 0 atom stereocenters. The molecule has 0 spiro atoms. The summed E-state index contributed by atoms with van der Waals surface area (Å²) in [6.45, 7) is 2.25.